The smallest absolute Gasteiger partial charge is 0.347 e. The van der Waals surface area contributed by atoms with Crippen LogP contribution in [0.5, 0.6) is 11.5 Å². The highest BCUT2D eigenvalue weighted by molar-refractivity contribution is 9.10. The van der Waals surface area contributed by atoms with E-state index in [0.717, 1.165) is 10.0 Å². The number of hydrogen-bond acceptors (Lipinski definition) is 5. The number of esters is 1. The molecule has 2 aromatic carbocycles. The molecule has 0 fully saturated rings. The van der Waals surface area contributed by atoms with E-state index in [-0.39, 0.29) is 18.1 Å². The second-order valence-electron chi connectivity index (χ2n) is 5.66. The molecule has 0 bridgehead atoms. The topological polar surface area (TPSA) is 61.8 Å². The molecule has 2 aromatic rings. The summed E-state index contributed by atoms with van der Waals surface area (Å²) in [4.78, 5) is 24.2. The Morgan fingerprint density at radius 1 is 1.27 bits per heavy atom. The van der Waals surface area contributed by atoms with E-state index in [1.807, 2.05) is 24.3 Å². The van der Waals surface area contributed by atoms with Crippen molar-refractivity contribution in [3.63, 3.8) is 0 Å². The number of ketones is 1. The number of benzene rings is 2. The van der Waals surface area contributed by atoms with E-state index in [1.54, 1.807) is 38.1 Å². The number of fused-ring (bicyclic) bond motifs is 1. The van der Waals surface area contributed by atoms with E-state index in [2.05, 4.69) is 15.9 Å². The minimum absolute atomic E-state index is 0.190. The molecule has 0 unspecified atom stereocenters. The number of allylic oxidation sites excluding steroid dienone is 1. The van der Waals surface area contributed by atoms with Gasteiger partial charge in [0, 0.05) is 10.5 Å². The minimum atomic E-state index is -0.748. The first-order valence-corrected chi connectivity index (χ1v) is 8.94. The van der Waals surface area contributed by atoms with Crippen LogP contribution in [0.3, 0.4) is 0 Å². The second kappa shape index (κ2) is 7.74. The molecular formula is C20H17BrO5. The zero-order chi connectivity index (χ0) is 18.7. The summed E-state index contributed by atoms with van der Waals surface area (Å²) in [5.41, 5.74) is 1.31. The molecule has 1 aliphatic rings. The number of ether oxygens (including phenoxy) is 3. The van der Waals surface area contributed by atoms with Crippen molar-refractivity contribution in [2.24, 2.45) is 0 Å². The summed E-state index contributed by atoms with van der Waals surface area (Å²) in [5, 5.41) is 0. The van der Waals surface area contributed by atoms with E-state index in [9.17, 15) is 9.59 Å². The van der Waals surface area contributed by atoms with Crippen molar-refractivity contribution in [2.45, 2.75) is 20.0 Å². The van der Waals surface area contributed by atoms with E-state index in [4.69, 9.17) is 14.2 Å². The van der Waals surface area contributed by atoms with Crippen LogP contribution in [0.2, 0.25) is 0 Å². The molecule has 0 aliphatic carbocycles. The zero-order valence-corrected chi connectivity index (χ0v) is 15.9. The third-order valence-corrected chi connectivity index (χ3v) is 4.21. The fourth-order valence-electron chi connectivity index (χ4n) is 2.50. The number of halogens is 1. The Bertz CT molecular complexity index is 888. The Morgan fingerprint density at radius 3 is 2.81 bits per heavy atom. The third-order valence-electron chi connectivity index (χ3n) is 3.72. The average molecular weight is 417 g/mol. The van der Waals surface area contributed by atoms with Gasteiger partial charge in [0.1, 0.15) is 11.5 Å². The summed E-state index contributed by atoms with van der Waals surface area (Å²) in [6.07, 6.45) is 0.941. The van der Waals surface area contributed by atoms with Crippen LogP contribution < -0.4 is 9.47 Å². The average Bonchev–Trinajstić information content (AvgIpc) is 2.90. The van der Waals surface area contributed by atoms with Crippen molar-refractivity contribution in [1.82, 2.24) is 0 Å². The first-order valence-electron chi connectivity index (χ1n) is 8.15. The molecule has 0 N–H and O–H groups in total. The van der Waals surface area contributed by atoms with Crippen LogP contribution in [-0.4, -0.2) is 24.5 Å². The van der Waals surface area contributed by atoms with Gasteiger partial charge >= 0.3 is 5.97 Å². The molecule has 26 heavy (non-hydrogen) atoms. The lowest BCUT2D eigenvalue weighted by molar-refractivity contribution is -0.150. The normalized spacial score (nSPS) is 15.3. The number of carbonyl (C=O) groups is 2. The highest BCUT2D eigenvalue weighted by Gasteiger charge is 2.28. The third kappa shape index (κ3) is 3.96. The van der Waals surface area contributed by atoms with Crippen molar-refractivity contribution in [3.05, 3.63) is 63.8 Å². The molecule has 0 spiro atoms. The number of carbonyl (C=O) groups excluding carboxylic acids is 2. The molecule has 1 aliphatic heterocycles. The van der Waals surface area contributed by atoms with E-state index in [1.165, 1.54) is 0 Å². The molecule has 0 saturated heterocycles. The van der Waals surface area contributed by atoms with Gasteiger partial charge in [-0.15, -0.1) is 0 Å². The van der Waals surface area contributed by atoms with Gasteiger partial charge in [0.2, 0.25) is 5.78 Å². The Morgan fingerprint density at radius 2 is 2.08 bits per heavy atom. The summed E-state index contributed by atoms with van der Waals surface area (Å²) in [6, 6.07) is 12.4. The fourth-order valence-corrected chi connectivity index (χ4v) is 2.92. The van der Waals surface area contributed by atoms with Crippen LogP contribution in [-0.2, 0) is 9.53 Å². The summed E-state index contributed by atoms with van der Waals surface area (Å²) in [6.45, 7) is 3.63. The van der Waals surface area contributed by atoms with Crippen molar-refractivity contribution >= 4 is 33.8 Å². The highest BCUT2D eigenvalue weighted by atomic mass is 79.9. The SMILES string of the molecule is CCOC(=O)[C@@H](C)Oc1ccc2c(c1)O/C(=C\c1cccc(Br)c1)C2=O. The number of Topliss-reactive ketones (excluding diaryl/α,β-unsaturated/α-hetero) is 1. The van der Waals surface area contributed by atoms with Gasteiger partial charge in [-0.25, -0.2) is 4.79 Å². The Labute approximate surface area is 159 Å². The maximum atomic E-state index is 12.5. The lowest BCUT2D eigenvalue weighted by atomic mass is 10.1. The predicted molar refractivity (Wildman–Crippen MR) is 100 cm³/mol. The molecule has 6 heteroatoms. The molecule has 3 rings (SSSR count). The summed E-state index contributed by atoms with van der Waals surface area (Å²) in [7, 11) is 0. The summed E-state index contributed by atoms with van der Waals surface area (Å²) < 4.78 is 17.1. The van der Waals surface area contributed by atoms with E-state index in [0.29, 0.717) is 17.1 Å². The molecule has 1 heterocycles. The van der Waals surface area contributed by atoms with E-state index >= 15 is 0 Å². The largest absolute Gasteiger partial charge is 0.479 e. The highest BCUT2D eigenvalue weighted by Crippen LogP contribution is 2.35. The predicted octanol–water partition coefficient (Wildman–Crippen LogP) is 4.40. The first kappa shape index (κ1) is 18.2. The Kier molecular flexibility index (Phi) is 5.42. The Balaban J connectivity index is 1.79. The van der Waals surface area contributed by atoms with Crippen molar-refractivity contribution in [2.75, 3.05) is 6.61 Å². The minimum Gasteiger partial charge on any atom is -0.479 e. The van der Waals surface area contributed by atoms with Gasteiger partial charge in [0.15, 0.2) is 11.9 Å². The summed E-state index contributed by atoms with van der Waals surface area (Å²) >= 11 is 3.40. The van der Waals surface area contributed by atoms with Crippen molar-refractivity contribution in [3.8, 4) is 11.5 Å². The molecule has 134 valence electrons. The molecule has 1 atom stereocenters. The second-order valence-corrected chi connectivity index (χ2v) is 6.58. The van der Waals surface area contributed by atoms with Crippen molar-refractivity contribution < 1.29 is 23.8 Å². The van der Waals surface area contributed by atoms with E-state index < -0.39 is 12.1 Å². The molecule has 5 nitrogen and oxygen atoms in total. The number of hydrogen-bond donors (Lipinski definition) is 0. The lowest BCUT2D eigenvalue weighted by Crippen LogP contribution is -2.26. The van der Waals surface area contributed by atoms with Crippen LogP contribution in [0.15, 0.2) is 52.7 Å². The molecule has 0 amide bonds. The van der Waals surface area contributed by atoms with Crippen molar-refractivity contribution in [1.29, 1.82) is 0 Å². The van der Waals surface area contributed by atoms with Gasteiger partial charge in [-0.1, -0.05) is 28.1 Å². The first-order chi connectivity index (χ1) is 12.5. The molecule has 0 aromatic heterocycles. The maximum Gasteiger partial charge on any atom is 0.347 e. The van der Waals surface area contributed by atoms with Crippen LogP contribution in [0, 0.1) is 0 Å². The number of rotatable bonds is 5. The molecule has 0 radical (unpaired) electrons. The quantitative estimate of drug-likeness (QED) is 0.533. The van der Waals surface area contributed by atoms with Gasteiger partial charge in [0.05, 0.1) is 12.2 Å². The van der Waals surface area contributed by atoms with Gasteiger partial charge in [0.25, 0.3) is 0 Å². The van der Waals surface area contributed by atoms with Crippen LogP contribution >= 0.6 is 15.9 Å². The molecular weight excluding hydrogens is 400 g/mol. The van der Waals surface area contributed by atoms with Gasteiger partial charge in [-0.3, -0.25) is 4.79 Å². The summed E-state index contributed by atoms with van der Waals surface area (Å²) in [5.74, 6) is 0.449. The van der Waals surface area contributed by atoms with Gasteiger partial charge < -0.3 is 14.2 Å². The van der Waals surface area contributed by atoms with Crippen LogP contribution in [0.1, 0.15) is 29.8 Å². The van der Waals surface area contributed by atoms with Gasteiger partial charge in [-0.2, -0.15) is 0 Å². The van der Waals surface area contributed by atoms with Crippen LogP contribution in [0.25, 0.3) is 6.08 Å². The van der Waals surface area contributed by atoms with Crippen LogP contribution in [0.4, 0.5) is 0 Å². The fraction of sp³-hybridized carbons (Fsp3) is 0.200. The van der Waals surface area contributed by atoms with Gasteiger partial charge in [-0.05, 0) is 49.8 Å². The maximum absolute atomic E-state index is 12.5. The monoisotopic (exact) mass is 416 g/mol. The Hall–Kier alpha value is -2.60. The lowest BCUT2D eigenvalue weighted by Gasteiger charge is -2.13. The molecule has 0 saturated carbocycles. The standard InChI is InChI=1S/C20H17BrO5/c1-3-24-20(23)12(2)25-15-7-8-16-17(11-15)26-18(19(16)22)10-13-5-4-6-14(21)9-13/h4-12H,3H2,1-2H3/b18-10-/t12-/m1/s1. The zero-order valence-electron chi connectivity index (χ0n) is 14.3.